The van der Waals surface area contributed by atoms with E-state index in [0.29, 0.717) is 0 Å². The molecule has 2 rings (SSSR count). The highest BCUT2D eigenvalue weighted by atomic mass is 32.2. The van der Waals surface area contributed by atoms with Gasteiger partial charge >= 0.3 is 0 Å². The number of carbonyl (C=O) groups excluding carboxylic acids is 1. The standard InChI is InChI=1S/C11H11NOS/c1-7-3-4-10-9(5-7)12-11(14-10)6-8(2)13/h3-6,12H,1-2H3/b11-6-. The topological polar surface area (TPSA) is 29.1 Å². The number of allylic oxidation sites excluding steroid dienone is 1. The van der Waals surface area contributed by atoms with Gasteiger partial charge in [-0.05, 0) is 31.5 Å². The summed E-state index contributed by atoms with van der Waals surface area (Å²) in [6.07, 6.45) is 1.62. The summed E-state index contributed by atoms with van der Waals surface area (Å²) in [6, 6.07) is 6.23. The minimum absolute atomic E-state index is 0.0736. The van der Waals surface area contributed by atoms with Crippen LogP contribution in [0.5, 0.6) is 0 Å². The number of hydrogen-bond acceptors (Lipinski definition) is 3. The van der Waals surface area contributed by atoms with Gasteiger partial charge in [-0.2, -0.15) is 0 Å². The zero-order chi connectivity index (χ0) is 10.1. The Balaban J connectivity index is 2.30. The number of hydrogen-bond donors (Lipinski definition) is 1. The van der Waals surface area contributed by atoms with Gasteiger partial charge in [0.1, 0.15) is 0 Å². The second kappa shape index (κ2) is 3.50. The molecule has 1 aliphatic rings. The fraction of sp³-hybridized carbons (Fsp3) is 0.182. The molecule has 0 aliphatic carbocycles. The Kier molecular flexibility index (Phi) is 2.33. The number of carbonyl (C=O) groups is 1. The highest BCUT2D eigenvalue weighted by molar-refractivity contribution is 8.03. The summed E-state index contributed by atoms with van der Waals surface area (Å²) in [5, 5.41) is 4.12. The summed E-state index contributed by atoms with van der Waals surface area (Å²) in [6.45, 7) is 3.61. The van der Waals surface area contributed by atoms with E-state index in [1.165, 1.54) is 10.5 Å². The number of thioether (sulfide) groups is 1. The Bertz CT molecular complexity index is 423. The lowest BCUT2D eigenvalue weighted by Gasteiger charge is -1.98. The van der Waals surface area contributed by atoms with E-state index in [-0.39, 0.29) is 5.78 Å². The maximum atomic E-state index is 10.9. The third kappa shape index (κ3) is 1.82. The van der Waals surface area contributed by atoms with Crippen molar-refractivity contribution in [3.63, 3.8) is 0 Å². The van der Waals surface area contributed by atoms with Crippen molar-refractivity contribution in [1.82, 2.24) is 0 Å². The van der Waals surface area contributed by atoms with Crippen molar-refractivity contribution in [3.05, 3.63) is 34.9 Å². The maximum Gasteiger partial charge on any atom is 0.155 e. The number of anilines is 1. The number of nitrogens with one attached hydrogen (secondary N) is 1. The van der Waals surface area contributed by atoms with Gasteiger partial charge in [-0.1, -0.05) is 17.8 Å². The Morgan fingerprint density at radius 3 is 3.00 bits per heavy atom. The fourth-order valence-electron chi connectivity index (χ4n) is 1.36. The molecule has 0 aromatic heterocycles. The lowest BCUT2D eigenvalue weighted by Crippen LogP contribution is -1.92. The second-order valence-electron chi connectivity index (χ2n) is 3.35. The van der Waals surface area contributed by atoms with Crippen molar-refractivity contribution < 1.29 is 4.79 Å². The molecule has 1 aromatic rings. The van der Waals surface area contributed by atoms with Crippen LogP contribution in [0.15, 0.2) is 34.2 Å². The molecule has 0 unspecified atom stereocenters. The summed E-state index contributed by atoms with van der Waals surface area (Å²) >= 11 is 1.60. The minimum atomic E-state index is 0.0736. The van der Waals surface area contributed by atoms with Gasteiger partial charge in [-0.3, -0.25) is 4.79 Å². The van der Waals surface area contributed by atoms with Crippen molar-refractivity contribution in [2.45, 2.75) is 18.7 Å². The highest BCUT2D eigenvalue weighted by Gasteiger charge is 2.15. The molecule has 0 spiro atoms. The van der Waals surface area contributed by atoms with Crippen LogP contribution in [-0.4, -0.2) is 5.78 Å². The first-order valence-corrected chi connectivity index (χ1v) is 5.24. The predicted molar refractivity (Wildman–Crippen MR) is 59.4 cm³/mol. The average Bonchev–Trinajstić information content (AvgIpc) is 2.44. The zero-order valence-corrected chi connectivity index (χ0v) is 8.94. The predicted octanol–water partition coefficient (Wildman–Crippen LogP) is 2.94. The van der Waals surface area contributed by atoms with Gasteiger partial charge in [0.25, 0.3) is 0 Å². The van der Waals surface area contributed by atoms with Crippen molar-refractivity contribution in [2.24, 2.45) is 0 Å². The molecular formula is C11H11NOS. The van der Waals surface area contributed by atoms with Crippen LogP contribution in [0, 0.1) is 6.92 Å². The maximum absolute atomic E-state index is 10.9. The third-order valence-electron chi connectivity index (χ3n) is 1.95. The minimum Gasteiger partial charge on any atom is -0.349 e. The first-order valence-electron chi connectivity index (χ1n) is 4.43. The van der Waals surface area contributed by atoms with Crippen molar-refractivity contribution in [1.29, 1.82) is 0 Å². The largest absolute Gasteiger partial charge is 0.349 e. The van der Waals surface area contributed by atoms with E-state index in [4.69, 9.17) is 0 Å². The first kappa shape index (κ1) is 9.34. The molecule has 0 radical (unpaired) electrons. The number of rotatable bonds is 1. The van der Waals surface area contributed by atoms with Crippen LogP contribution in [0.2, 0.25) is 0 Å². The Morgan fingerprint density at radius 1 is 1.50 bits per heavy atom. The van der Waals surface area contributed by atoms with Crippen LogP contribution in [0.3, 0.4) is 0 Å². The Labute approximate surface area is 87.4 Å². The summed E-state index contributed by atoms with van der Waals surface area (Å²) < 4.78 is 0. The molecule has 72 valence electrons. The van der Waals surface area contributed by atoms with E-state index in [1.54, 1.807) is 24.8 Å². The molecule has 1 aliphatic heterocycles. The van der Waals surface area contributed by atoms with Gasteiger partial charge in [0.15, 0.2) is 5.78 Å². The first-order chi connectivity index (χ1) is 6.65. The fourth-order valence-corrected chi connectivity index (χ4v) is 2.34. The van der Waals surface area contributed by atoms with Crippen LogP contribution in [0.4, 0.5) is 5.69 Å². The van der Waals surface area contributed by atoms with Crippen LogP contribution in [0.1, 0.15) is 12.5 Å². The smallest absolute Gasteiger partial charge is 0.155 e. The molecule has 1 N–H and O–H groups in total. The van der Waals surface area contributed by atoms with Gasteiger partial charge in [0.2, 0.25) is 0 Å². The summed E-state index contributed by atoms with van der Waals surface area (Å²) in [4.78, 5) is 12.1. The van der Waals surface area contributed by atoms with Crippen molar-refractivity contribution in [2.75, 3.05) is 5.32 Å². The SMILES string of the molecule is CC(=O)/C=C1/Nc2cc(C)ccc2S1. The molecular weight excluding hydrogens is 194 g/mol. The molecule has 0 bridgehead atoms. The summed E-state index contributed by atoms with van der Waals surface area (Å²) in [5.41, 5.74) is 2.32. The van der Waals surface area contributed by atoms with Crippen LogP contribution in [-0.2, 0) is 4.79 Å². The number of aryl methyl sites for hydroxylation is 1. The second-order valence-corrected chi connectivity index (χ2v) is 4.43. The molecule has 2 nitrogen and oxygen atoms in total. The van der Waals surface area contributed by atoms with Crippen LogP contribution in [0.25, 0.3) is 0 Å². The number of ketones is 1. The van der Waals surface area contributed by atoms with E-state index in [2.05, 4.69) is 30.4 Å². The van der Waals surface area contributed by atoms with Gasteiger partial charge < -0.3 is 5.32 Å². The lowest BCUT2D eigenvalue weighted by atomic mass is 10.2. The molecule has 0 saturated heterocycles. The third-order valence-corrected chi connectivity index (χ3v) is 2.96. The van der Waals surface area contributed by atoms with Crippen molar-refractivity contribution >= 4 is 23.2 Å². The number of benzene rings is 1. The highest BCUT2D eigenvalue weighted by Crippen LogP contribution is 2.40. The molecule has 0 saturated carbocycles. The van der Waals surface area contributed by atoms with E-state index < -0.39 is 0 Å². The van der Waals surface area contributed by atoms with Gasteiger partial charge in [0, 0.05) is 11.0 Å². The Morgan fingerprint density at radius 2 is 2.29 bits per heavy atom. The van der Waals surface area contributed by atoms with Gasteiger partial charge in [-0.15, -0.1) is 0 Å². The van der Waals surface area contributed by atoms with E-state index >= 15 is 0 Å². The summed E-state index contributed by atoms with van der Waals surface area (Å²) in [7, 11) is 0. The molecule has 14 heavy (non-hydrogen) atoms. The average molecular weight is 205 g/mol. The Hall–Kier alpha value is -1.22. The quantitative estimate of drug-likeness (QED) is 0.715. The normalized spacial score (nSPS) is 16.6. The molecule has 1 heterocycles. The molecule has 3 heteroatoms. The lowest BCUT2D eigenvalue weighted by molar-refractivity contribution is -0.112. The van der Waals surface area contributed by atoms with Crippen LogP contribution < -0.4 is 5.32 Å². The van der Waals surface area contributed by atoms with Crippen LogP contribution >= 0.6 is 11.8 Å². The molecule has 0 atom stereocenters. The monoisotopic (exact) mass is 205 g/mol. The van der Waals surface area contributed by atoms with E-state index in [1.807, 2.05) is 0 Å². The molecule has 0 fully saturated rings. The van der Waals surface area contributed by atoms with Crippen molar-refractivity contribution in [3.8, 4) is 0 Å². The zero-order valence-electron chi connectivity index (χ0n) is 8.13. The van der Waals surface area contributed by atoms with Gasteiger partial charge in [0.05, 0.1) is 10.7 Å². The molecule has 1 aromatic carbocycles. The summed E-state index contributed by atoms with van der Waals surface area (Å²) in [5.74, 6) is 0.0736. The van der Waals surface area contributed by atoms with Gasteiger partial charge in [-0.25, -0.2) is 0 Å². The number of fused-ring (bicyclic) bond motifs is 1. The van der Waals surface area contributed by atoms with E-state index in [0.717, 1.165) is 10.7 Å². The molecule has 0 amide bonds. The van der Waals surface area contributed by atoms with E-state index in [9.17, 15) is 4.79 Å².